The highest BCUT2D eigenvalue weighted by Gasteiger charge is 2.10. The Kier molecular flexibility index (Phi) is 5.12. The minimum atomic E-state index is 0.166. The number of rotatable bonds is 6. The molecule has 1 aromatic rings. The predicted molar refractivity (Wildman–Crippen MR) is 66.2 cm³/mol. The third kappa shape index (κ3) is 3.74. The monoisotopic (exact) mass is 223 g/mol. The Labute approximate surface area is 97.8 Å². The maximum atomic E-state index is 5.84. The molecule has 3 nitrogen and oxygen atoms in total. The van der Waals surface area contributed by atoms with Crippen molar-refractivity contribution in [3.63, 3.8) is 0 Å². The maximum absolute atomic E-state index is 5.84. The van der Waals surface area contributed by atoms with Gasteiger partial charge in [-0.15, -0.1) is 0 Å². The van der Waals surface area contributed by atoms with Crippen molar-refractivity contribution in [1.82, 2.24) is 5.32 Å². The summed E-state index contributed by atoms with van der Waals surface area (Å²) in [6.07, 6.45) is 1.13. The van der Waals surface area contributed by atoms with Crippen LogP contribution >= 0.6 is 0 Å². The van der Waals surface area contributed by atoms with E-state index in [4.69, 9.17) is 9.47 Å². The quantitative estimate of drug-likeness (QED) is 0.803. The topological polar surface area (TPSA) is 30.5 Å². The van der Waals surface area contributed by atoms with Crippen LogP contribution in [0.3, 0.4) is 0 Å². The van der Waals surface area contributed by atoms with Crippen LogP contribution in [0.4, 0.5) is 0 Å². The van der Waals surface area contributed by atoms with E-state index in [2.05, 4.69) is 19.2 Å². The van der Waals surface area contributed by atoms with Gasteiger partial charge in [0, 0.05) is 6.04 Å². The van der Waals surface area contributed by atoms with E-state index < -0.39 is 0 Å². The van der Waals surface area contributed by atoms with Gasteiger partial charge in [0.15, 0.2) is 11.5 Å². The van der Waals surface area contributed by atoms with Crippen LogP contribution in [0.1, 0.15) is 20.3 Å². The lowest BCUT2D eigenvalue weighted by atomic mass is 10.1. The number of methoxy groups -OCH3 is 1. The van der Waals surface area contributed by atoms with Crippen molar-refractivity contribution in [1.29, 1.82) is 0 Å². The SMILES string of the molecule is CNC(C)CC(C)Oc1ccccc1OC. The second kappa shape index (κ2) is 6.38. The molecule has 0 saturated carbocycles. The van der Waals surface area contributed by atoms with Gasteiger partial charge in [-0.3, -0.25) is 0 Å². The number of benzene rings is 1. The predicted octanol–water partition coefficient (Wildman–Crippen LogP) is 2.46. The molecule has 1 rings (SSSR count). The van der Waals surface area contributed by atoms with Crippen LogP contribution in [-0.2, 0) is 0 Å². The van der Waals surface area contributed by atoms with E-state index in [1.807, 2.05) is 31.3 Å². The molecule has 0 spiro atoms. The summed E-state index contributed by atoms with van der Waals surface area (Å²) >= 11 is 0. The molecule has 0 aliphatic heterocycles. The van der Waals surface area contributed by atoms with Crippen molar-refractivity contribution in [3.05, 3.63) is 24.3 Å². The van der Waals surface area contributed by atoms with Gasteiger partial charge in [0.1, 0.15) is 0 Å². The highest BCUT2D eigenvalue weighted by molar-refractivity contribution is 5.39. The average molecular weight is 223 g/mol. The van der Waals surface area contributed by atoms with Crippen LogP contribution in [0.25, 0.3) is 0 Å². The van der Waals surface area contributed by atoms with E-state index >= 15 is 0 Å². The highest BCUT2D eigenvalue weighted by atomic mass is 16.5. The first-order valence-electron chi connectivity index (χ1n) is 5.64. The Morgan fingerprint density at radius 2 is 1.81 bits per heavy atom. The fraction of sp³-hybridized carbons (Fsp3) is 0.538. The van der Waals surface area contributed by atoms with Crippen LogP contribution in [0.2, 0.25) is 0 Å². The van der Waals surface area contributed by atoms with Gasteiger partial charge in [-0.2, -0.15) is 0 Å². The molecular formula is C13H21NO2. The van der Waals surface area contributed by atoms with Crippen LogP contribution in [0.5, 0.6) is 11.5 Å². The Bertz CT molecular complexity index is 315. The molecule has 0 bridgehead atoms. The summed E-state index contributed by atoms with van der Waals surface area (Å²) in [5.74, 6) is 1.59. The second-order valence-corrected chi connectivity index (χ2v) is 4.00. The zero-order chi connectivity index (χ0) is 12.0. The lowest BCUT2D eigenvalue weighted by Crippen LogP contribution is -2.28. The third-order valence-corrected chi connectivity index (χ3v) is 2.58. The van der Waals surface area contributed by atoms with Crippen LogP contribution in [0, 0.1) is 0 Å². The third-order valence-electron chi connectivity index (χ3n) is 2.58. The molecule has 0 saturated heterocycles. The van der Waals surface area contributed by atoms with Crippen molar-refractivity contribution < 1.29 is 9.47 Å². The normalized spacial score (nSPS) is 14.2. The molecule has 0 aromatic heterocycles. The largest absolute Gasteiger partial charge is 0.493 e. The highest BCUT2D eigenvalue weighted by Crippen LogP contribution is 2.27. The summed E-state index contributed by atoms with van der Waals surface area (Å²) in [5.41, 5.74) is 0. The van der Waals surface area contributed by atoms with Crippen molar-refractivity contribution in [2.24, 2.45) is 0 Å². The minimum Gasteiger partial charge on any atom is -0.493 e. The number of hydrogen-bond acceptors (Lipinski definition) is 3. The molecule has 1 aromatic carbocycles. The Morgan fingerprint density at radius 1 is 1.19 bits per heavy atom. The lowest BCUT2D eigenvalue weighted by Gasteiger charge is -2.19. The molecule has 2 atom stereocenters. The molecule has 0 radical (unpaired) electrons. The van der Waals surface area contributed by atoms with Gasteiger partial charge in [0.05, 0.1) is 13.2 Å². The summed E-state index contributed by atoms with van der Waals surface area (Å²) in [5, 5.41) is 3.20. The summed E-state index contributed by atoms with van der Waals surface area (Å²) in [6.45, 7) is 4.21. The number of ether oxygens (including phenoxy) is 2. The van der Waals surface area contributed by atoms with Gasteiger partial charge in [-0.1, -0.05) is 12.1 Å². The molecule has 16 heavy (non-hydrogen) atoms. The molecular weight excluding hydrogens is 202 g/mol. The van der Waals surface area contributed by atoms with Crippen molar-refractivity contribution in [2.45, 2.75) is 32.4 Å². The fourth-order valence-electron chi connectivity index (χ4n) is 1.60. The molecule has 0 aliphatic carbocycles. The van der Waals surface area contributed by atoms with E-state index in [1.54, 1.807) is 7.11 Å². The molecule has 0 heterocycles. The summed E-state index contributed by atoms with van der Waals surface area (Å²) in [4.78, 5) is 0. The van der Waals surface area contributed by atoms with E-state index in [-0.39, 0.29) is 6.10 Å². The zero-order valence-corrected chi connectivity index (χ0v) is 10.5. The Balaban J connectivity index is 2.58. The van der Waals surface area contributed by atoms with Gasteiger partial charge in [-0.25, -0.2) is 0 Å². The van der Waals surface area contributed by atoms with E-state index in [0.29, 0.717) is 6.04 Å². The minimum absolute atomic E-state index is 0.166. The van der Waals surface area contributed by atoms with E-state index in [9.17, 15) is 0 Å². The molecule has 0 amide bonds. The zero-order valence-electron chi connectivity index (χ0n) is 10.5. The molecule has 2 unspecified atom stereocenters. The van der Waals surface area contributed by atoms with Crippen LogP contribution in [0.15, 0.2) is 24.3 Å². The number of para-hydroxylation sites is 2. The standard InChI is InChI=1S/C13H21NO2/c1-10(14-3)9-11(2)16-13-8-6-5-7-12(13)15-4/h5-8,10-11,14H,9H2,1-4H3. The molecule has 0 fully saturated rings. The van der Waals surface area contributed by atoms with Crippen LogP contribution < -0.4 is 14.8 Å². The number of hydrogen-bond donors (Lipinski definition) is 1. The van der Waals surface area contributed by atoms with Crippen molar-refractivity contribution >= 4 is 0 Å². The van der Waals surface area contributed by atoms with E-state index in [1.165, 1.54) is 0 Å². The first-order valence-corrected chi connectivity index (χ1v) is 5.64. The lowest BCUT2D eigenvalue weighted by molar-refractivity contribution is 0.190. The first kappa shape index (κ1) is 12.8. The summed E-state index contributed by atoms with van der Waals surface area (Å²) < 4.78 is 11.1. The molecule has 1 N–H and O–H groups in total. The first-order chi connectivity index (χ1) is 7.67. The van der Waals surface area contributed by atoms with Gasteiger partial charge < -0.3 is 14.8 Å². The molecule has 3 heteroatoms. The fourth-order valence-corrected chi connectivity index (χ4v) is 1.60. The van der Waals surface area contributed by atoms with Crippen LogP contribution in [-0.4, -0.2) is 26.3 Å². The average Bonchev–Trinajstić information content (AvgIpc) is 2.29. The molecule has 0 aliphatic rings. The summed E-state index contributed by atoms with van der Waals surface area (Å²) in [6, 6.07) is 8.17. The Hall–Kier alpha value is -1.22. The van der Waals surface area contributed by atoms with Crippen molar-refractivity contribution in [3.8, 4) is 11.5 Å². The van der Waals surface area contributed by atoms with Gasteiger partial charge in [-0.05, 0) is 39.4 Å². The van der Waals surface area contributed by atoms with Gasteiger partial charge in [0.25, 0.3) is 0 Å². The Morgan fingerprint density at radius 3 is 2.38 bits per heavy atom. The van der Waals surface area contributed by atoms with Gasteiger partial charge in [0.2, 0.25) is 0 Å². The maximum Gasteiger partial charge on any atom is 0.161 e. The summed E-state index contributed by atoms with van der Waals surface area (Å²) in [7, 11) is 3.61. The van der Waals surface area contributed by atoms with Gasteiger partial charge >= 0.3 is 0 Å². The second-order valence-electron chi connectivity index (χ2n) is 4.00. The van der Waals surface area contributed by atoms with Crippen molar-refractivity contribution in [2.75, 3.05) is 14.2 Å². The van der Waals surface area contributed by atoms with E-state index in [0.717, 1.165) is 17.9 Å². The molecule has 90 valence electrons. The smallest absolute Gasteiger partial charge is 0.161 e. The number of nitrogens with one attached hydrogen (secondary N) is 1.